The van der Waals surface area contributed by atoms with Crippen LogP contribution in [0.2, 0.25) is 0 Å². The van der Waals surface area contributed by atoms with Crippen molar-refractivity contribution in [2.45, 2.75) is 6.04 Å². The minimum absolute atomic E-state index is 0.0790. The largest absolute Gasteiger partial charge is 0.497 e. The molecular weight excluding hydrogens is 314 g/mol. The number of hydrogen-bond acceptors (Lipinski definition) is 3. The Morgan fingerprint density at radius 3 is 2.60 bits per heavy atom. The zero-order valence-electron chi connectivity index (χ0n) is 14.7. The Hall–Kier alpha value is -2.79. The highest BCUT2D eigenvalue weighted by molar-refractivity contribution is 5.98. The summed E-state index contributed by atoms with van der Waals surface area (Å²) in [6.07, 6.45) is 0. The van der Waals surface area contributed by atoms with Gasteiger partial charge in [-0.05, 0) is 37.9 Å². The molecule has 1 aromatic heterocycles. The first-order valence-corrected chi connectivity index (χ1v) is 8.24. The van der Waals surface area contributed by atoms with E-state index >= 15 is 0 Å². The van der Waals surface area contributed by atoms with Crippen molar-refractivity contribution in [3.05, 3.63) is 65.9 Å². The lowest BCUT2D eigenvalue weighted by atomic mass is 10.1. The molecule has 1 atom stereocenters. The van der Waals surface area contributed by atoms with Crippen LogP contribution in [0.1, 0.15) is 22.1 Å². The molecule has 0 saturated heterocycles. The third-order valence-electron chi connectivity index (χ3n) is 4.13. The Labute approximate surface area is 147 Å². The lowest BCUT2D eigenvalue weighted by Gasteiger charge is -2.22. The molecule has 130 valence electrons. The zero-order chi connectivity index (χ0) is 17.8. The van der Waals surface area contributed by atoms with Crippen LogP contribution < -0.4 is 10.1 Å². The van der Waals surface area contributed by atoms with E-state index in [0.29, 0.717) is 5.69 Å². The molecular formula is C20H23N3O2. The number of amides is 1. The average Bonchev–Trinajstić information content (AvgIpc) is 3.04. The van der Waals surface area contributed by atoms with Crippen molar-refractivity contribution in [1.29, 1.82) is 0 Å². The second-order valence-electron chi connectivity index (χ2n) is 6.34. The van der Waals surface area contributed by atoms with E-state index in [-0.39, 0.29) is 11.9 Å². The Morgan fingerprint density at radius 1 is 1.16 bits per heavy atom. The molecule has 0 radical (unpaired) electrons. The van der Waals surface area contributed by atoms with Gasteiger partial charge in [0.1, 0.15) is 11.4 Å². The van der Waals surface area contributed by atoms with E-state index in [9.17, 15) is 4.79 Å². The maximum atomic E-state index is 12.7. The summed E-state index contributed by atoms with van der Waals surface area (Å²) in [4.78, 5) is 18.0. The van der Waals surface area contributed by atoms with E-state index in [1.165, 1.54) is 0 Å². The van der Waals surface area contributed by atoms with Crippen molar-refractivity contribution >= 4 is 16.8 Å². The third-order valence-corrected chi connectivity index (χ3v) is 4.13. The lowest BCUT2D eigenvalue weighted by molar-refractivity contribution is 0.0925. The maximum Gasteiger partial charge on any atom is 0.268 e. The van der Waals surface area contributed by atoms with Crippen molar-refractivity contribution in [1.82, 2.24) is 15.2 Å². The predicted octanol–water partition coefficient (Wildman–Crippen LogP) is 3.21. The number of benzene rings is 2. The summed E-state index contributed by atoms with van der Waals surface area (Å²) in [5.41, 5.74) is 2.51. The van der Waals surface area contributed by atoms with Crippen molar-refractivity contribution in [3.8, 4) is 5.75 Å². The number of carbonyl (C=O) groups is 1. The van der Waals surface area contributed by atoms with Gasteiger partial charge in [0.2, 0.25) is 0 Å². The van der Waals surface area contributed by atoms with E-state index < -0.39 is 0 Å². The van der Waals surface area contributed by atoms with Gasteiger partial charge in [0.05, 0.1) is 13.2 Å². The lowest BCUT2D eigenvalue weighted by Crippen LogP contribution is -2.35. The van der Waals surface area contributed by atoms with Crippen LogP contribution in [0.5, 0.6) is 5.75 Å². The van der Waals surface area contributed by atoms with Crippen LogP contribution in [-0.4, -0.2) is 43.5 Å². The summed E-state index contributed by atoms with van der Waals surface area (Å²) >= 11 is 0. The molecule has 1 heterocycles. The van der Waals surface area contributed by atoms with Crippen LogP contribution in [0.25, 0.3) is 10.9 Å². The number of likely N-dealkylation sites (N-methyl/N-ethyl adjacent to an activating group) is 1. The molecule has 3 rings (SSSR count). The highest BCUT2D eigenvalue weighted by Gasteiger charge is 2.18. The summed E-state index contributed by atoms with van der Waals surface area (Å²) in [7, 11) is 5.62. The second kappa shape index (κ2) is 7.40. The number of rotatable bonds is 6. The Balaban J connectivity index is 1.83. The molecule has 0 aliphatic carbocycles. The molecule has 0 fully saturated rings. The van der Waals surface area contributed by atoms with Gasteiger partial charge in [0.25, 0.3) is 5.91 Å². The third kappa shape index (κ3) is 4.00. The van der Waals surface area contributed by atoms with E-state index in [1.54, 1.807) is 7.11 Å². The standard InChI is InChI=1S/C20H23N3O2/c1-23(2)13-19(14-7-5-4-6-8-14)22-20(24)18-11-15-9-10-16(25-3)12-17(15)21-18/h4-12,19,21H,13H2,1-3H3,(H,22,24)/t19-/m1/s1. The summed E-state index contributed by atoms with van der Waals surface area (Å²) < 4.78 is 5.23. The second-order valence-corrected chi connectivity index (χ2v) is 6.34. The number of nitrogens with one attached hydrogen (secondary N) is 2. The van der Waals surface area contributed by atoms with Crippen LogP contribution >= 0.6 is 0 Å². The molecule has 25 heavy (non-hydrogen) atoms. The molecule has 5 heteroatoms. The maximum absolute atomic E-state index is 12.7. The van der Waals surface area contributed by atoms with E-state index in [2.05, 4.69) is 15.2 Å². The fraction of sp³-hybridized carbons (Fsp3) is 0.250. The van der Waals surface area contributed by atoms with Gasteiger partial charge in [-0.2, -0.15) is 0 Å². The first-order chi connectivity index (χ1) is 12.1. The number of aromatic amines is 1. The van der Waals surface area contributed by atoms with Gasteiger partial charge in [-0.25, -0.2) is 0 Å². The summed E-state index contributed by atoms with van der Waals surface area (Å²) in [6.45, 7) is 0.726. The van der Waals surface area contributed by atoms with Crippen LogP contribution in [0.15, 0.2) is 54.6 Å². The minimum atomic E-state index is -0.120. The van der Waals surface area contributed by atoms with Crippen molar-refractivity contribution in [2.75, 3.05) is 27.7 Å². The number of methoxy groups -OCH3 is 1. The van der Waals surface area contributed by atoms with Gasteiger partial charge < -0.3 is 19.9 Å². The zero-order valence-corrected chi connectivity index (χ0v) is 14.7. The van der Waals surface area contributed by atoms with Gasteiger partial charge in [-0.3, -0.25) is 4.79 Å². The highest BCUT2D eigenvalue weighted by Crippen LogP contribution is 2.22. The number of nitrogens with zero attached hydrogens (tertiary/aromatic N) is 1. The van der Waals surface area contributed by atoms with Gasteiger partial charge in [-0.1, -0.05) is 30.3 Å². The number of carbonyl (C=O) groups excluding carboxylic acids is 1. The monoisotopic (exact) mass is 337 g/mol. The van der Waals surface area contributed by atoms with Crippen molar-refractivity contribution in [2.24, 2.45) is 0 Å². The quantitative estimate of drug-likeness (QED) is 0.726. The number of H-pyrrole nitrogens is 1. The van der Waals surface area contributed by atoms with Gasteiger partial charge in [0.15, 0.2) is 0 Å². The van der Waals surface area contributed by atoms with Crippen LogP contribution in [0, 0.1) is 0 Å². The van der Waals surface area contributed by atoms with Gasteiger partial charge in [-0.15, -0.1) is 0 Å². The summed E-state index contributed by atoms with van der Waals surface area (Å²) in [6, 6.07) is 17.5. The molecule has 0 aliphatic rings. The Bertz CT molecular complexity index is 856. The highest BCUT2D eigenvalue weighted by atomic mass is 16.5. The predicted molar refractivity (Wildman–Crippen MR) is 100 cm³/mol. The molecule has 0 saturated carbocycles. The van der Waals surface area contributed by atoms with E-state index in [1.807, 2.05) is 68.7 Å². The number of fused-ring (bicyclic) bond motifs is 1. The molecule has 2 N–H and O–H groups in total. The first-order valence-electron chi connectivity index (χ1n) is 8.24. The molecule has 0 bridgehead atoms. The normalized spacial score (nSPS) is 12.3. The van der Waals surface area contributed by atoms with Crippen LogP contribution in [-0.2, 0) is 0 Å². The molecule has 0 aliphatic heterocycles. The molecule has 1 amide bonds. The van der Waals surface area contributed by atoms with Crippen molar-refractivity contribution < 1.29 is 9.53 Å². The SMILES string of the molecule is COc1ccc2cc(C(=O)N[C@H](CN(C)C)c3ccccc3)[nH]c2c1. The van der Waals surface area contributed by atoms with E-state index in [0.717, 1.165) is 28.8 Å². The van der Waals surface area contributed by atoms with E-state index in [4.69, 9.17) is 4.74 Å². The van der Waals surface area contributed by atoms with Crippen LogP contribution in [0.3, 0.4) is 0 Å². The summed E-state index contributed by atoms with van der Waals surface area (Å²) in [5, 5.41) is 4.11. The molecule has 2 aromatic carbocycles. The Morgan fingerprint density at radius 2 is 1.92 bits per heavy atom. The number of ether oxygens (including phenoxy) is 1. The first kappa shape index (κ1) is 17.0. The van der Waals surface area contributed by atoms with Crippen molar-refractivity contribution in [3.63, 3.8) is 0 Å². The molecule has 5 nitrogen and oxygen atoms in total. The molecule has 3 aromatic rings. The number of aromatic nitrogens is 1. The summed E-state index contributed by atoms with van der Waals surface area (Å²) in [5.74, 6) is 0.641. The van der Waals surface area contributed by atoms with Crippen LogP contribution in [0.4, 0.5) is 0 Å². The molecule has 0 unspecified atom stereocenters. The van der Waals surface area contributed by atoms with Gasteiger partial charge in [0, 0.05) is 23.5 Å². The molecule has 0 spiro atoms. The van der Waals surface area contributed by atoms with Gasteiger partial charge >= 0.3 is 0 Å². The fourth-order valence-electron chi connectivity index (χ4n) is 2.88. The topological polar surface area (TPSA) is 57.4 Å². The fourth-order valence-corrected chi connectivity index (χ4v) is 2.88. The minimum Gasteiger partial charge on any atom is -0.497 e. The smallest absolute Gasteiger partial charge is 0.268 e. The Kier molecular flexibility index (Phi) is 5.05. The average molecular weight is 337 g/mol. The number of hydrogen-bond donors (Lipinski definition) is 2.